The molecule has 0 atom stereocenters. The Morgan fingerprint density at radius 2 is 2.00 bits per heavy atom. The summed E-state index contributed by atoms with van der Waals surface area (Å²) in [4.78, 5) is 0. The summed E-state index contributed by atoms with van der Waals surface area (Å²) in [5.74, 6) is 1.71. The summed E-state index contributed by atoms with van der Waals surface area (Å²) in [6.45, 7) is 6.57. The highest BCUT2D eigenvalue weighted by Gasteiger charge is 2.08. The smallest absolute Gasteiger partial charge is 0.0534 e. The van der Waals surface area contributed by atoms with Crippen molar-refractivity contribution in [3.63, 3.8) is 0 Å². The first-order valence-corrected chi connectivity index (χ1v) is 6.34. The molecule has 0 unspecified atom stereocenters. The molecular formula is C13H18IO. The van der Waals surface area contributed by atoms with Crippen LogP contribution in [-0.2, 0) is 6.42 Å². The molecule has 15 heavy (non-hydrogen) atoms. The van der Waals surface area contributed by atoms with Gasteiger partial charge in [0.25, 0.3) is 0 Å². The molecule has 1 aromatic carbocycles. The van der Waals surface area contributed by atoms with Gasteiger partial charge < -0.3 is 5.11 Å². The maximum absolute atomic E-state index is 9.11. The minimum atomic E-state index is 0.140. The van der Waals surface area contributed by atoms with Gasteiger partial charge in [-0.2, -0.15) is 0 Å². The highest BCUT2D eigenvalue weighted by atomic mass is 127. The van der Waals surface area contributed by atoms with Gasteiger partial charge in [0.05, 0.1) is 6.61 Å². The Labute approximate surface area is 106 Å². The summed E-state index contributed by atoms with van der Waals surface area (Å²) >= 11 is 2.33. The van der Waals surface area contributed by atoms with Gasteiger partial charge in [0.1, 0.15) is 0 Å². The highest BCUT2D eigenvalue weighted by molar-refractivity contribution is 14.1. The standard InChI is InChI=1S/C13H18IO/c1-9(2)4-11-5-12(10(3)8-15)7-13(14)6-11/h5-7,9,15H,4,8H2,1-3H3. The van der Waals surface area contributed by atoms with E-state index in [1.807, 2.05) is 6.92 Å². The van der Waals surface area contributed by atoms with Crippen molar-refractivity contribution in [2.75, 3.05) is 6.61 Å². The van der Waals surface area contributed by atoms with Crippen LogP contribution in [0.25, 0.3) is 0 Å². The third kappa shape index (κ3) is 4.11. The second kappa shape index (κ2) is 5.85. The molecule has 1 aromatic rings. The van der Waals surface area contributed by atoms with E-state index in [1.165, 1.54) is 14.7 Å². The van der Waals surface area contributed by atoms with Crippen molar-refractivity contribution < 1.29 is 5.11 Å². The molecule has 1 radical (unpaired) electrons. The number of aliphatic hydroxyl groups excluding tert-OH is 1. The zero-order valence-electron chi connectivity index (χ0n) is 9.55. The van der Waals surface area contributed by atoms with Crippen molar-refractivity contribution in [1.82, 2.24) is 0 Å². The number of benzene rings is 1. The number of halogens is 1. The topological polar surface area (TPSA) is 20.2 Å². The van der Waals surface area contributed by atoms with Gasteiger partial charge in [0.2, 0.25) is 0 Å². The van der Waals surface area contributed by atoms with Crippen LogP contribution in [0.5, 0.6) is 0 Å². The van der Waals surface area contributed by atoms with Gasteiger partial charge in [0.15, 0.2) is 0 Å². The average molecular weight is 317 g/mol. The summed E-state index contributed by atoms with van der Waals surface area (Å²) in [6, 6.07) is 6.53. The fourth-order valence-electron chi connectivity index (χ4n) is 1.58. The highest BCUT2D eigenvalue weighted by Crippen LogP contribution is 2.21. The molecule has 2 heteroatoms. The van der Waals surface area contributed by atoms with E-state index >= 15 is 0 Å². The van der Waals surface area contributed by atoms with Crippen LogP contribution in [0.4, 0.5) is 0 Å². The molecule has 0 saturated heterocycles. The monoisotopic (exact) mass is 317 g/mol. The van der Waals surface area contributed by atoms with Gasteiger partial charge >= 0.3 is 0 Å². The lowest BCUT2D eigenvalue weighted by molar-refractivity contribution is 0.315. The lowest BCUT2D eigenvalue weighted by Gasteiger charge is -2.12. The Balaban J connectivity index is 2.94. The van der Waals surface area contributed by atoms with Crippen LogP contribution >= 0.6 is 22.6 Å². The number of hydrogen-bond acceptors (Lipinski definition) is 1. The Morgan fingerprint density at radius 1 is 1.33 bits per heavy atom. The molecule has 0 heterocycles. The summed E-state index contributed by atoms with van der Waals surface area (Å²) < 4.78 is 1.24. The molecule has 1 rings (SSSR count). The second-order valence-electron chi connectivity index (χ2n) is 4.38. The van der Waals surface area contributed by atoms with E-state index < -0.39 is 0 Å². The molecule has 0 spiro atoms. The zero-order valence-corrected chi connectivity index (χ0v) is 11.7. The SMILES string of the molecule is C[C](CO)c1cc(I)cc(CC(C)C)c1. The average Bonchev–Trinajstić information content (AvgIpc) is 2.14. The van der Waals surface area contributed by atoms with Crippen LogP contribution in [0.1, 0.15) is 31.9 Å². The van der Waals surface area contributed by atoms with Crippen molar-refractivity contribution >= 4 is 22.6 Å². The van der Waals surface area contributed by atoms with E-state index in [0.29, 0.717) is 5.92 Å². The van der Waals surface area contributed by atoms with Crippen LogP contribution in [0.15, 0.2) is 18.2 Å². The van der Waals surface area contributed by atoms with Gasteiger partial charge in [-0.1, -0.05) is 26.8 Å². The van der Waals surface area contributed by atoms with Crippen LogP contribution in [0, 0.1) is 15.4 Å². The fourth-order valence-corrected chi connectivity index (χ4v) is 2.31. The van der Waals surface area contributed by atoms with Crippen LogP contribution < -0.4 is 0 Å². The van der Waals surface area contributed by atoms with Crippen molar-refractivity contribution in [2.45, 2.75) is 27.2 Å². The molecule has 0 aromatic heterocycles. The van der Waals surface area contributed by atoms with E-state index in [4.69, 9.17) is 5.11 Å². The zero-order chi connectivity index (χ0) is 11.4. The summed E-state index contributed by atoms with van der Waals surface area (Å²) in [7, 11) is 0. The van der Waals surface area contributed by atoms with Gasteiger partial charge in [-0.15, -0.1) is 0 Å². The molecule has 83 valence electrons. The van der Waals surface area contributed by atoms with Crippen molar-refractivity contribution in [1.29, 1.82) is 0 Å². The van der Waals surface area contributed by atoms with Gasteiger partial charge in [0, 0.05) is 9.49 Å². The van der Waals surface area contributed by atoms with Crippen molar-refractivity contribution in [3.8, 4) is 0 Å². The second-order valence-corrected chi connectivity index (χ2v) is 5.63. The maximum atomic E-state index is 9.11. The van der Waals surface area contributed by atoms with Crippen molar-refractivity contribution in [3.05, 3.63) is 38.8 Å². The lowest BCUT2D eigenvalue weighted by Crippen LogP contribution is -2.03. The molecule has 0 aliphatic carbocycles. The van der Waals surface area contributed by atoms with E-state index in [1.54, 1.807) is 0 Å². The maximum Gasteiger partial charge on any atom is 0.0534 e. The van der Waals surface area contributed by atoms with Crippen LogP contribution in [-0.4, -0.2) is 11.7 Å². The van der Waals surface area contributed by atoms with Gasteiger partial charge in [-0.25, -0.2) is 0 Å². The molecule has 0 fully saturated rings. The van der Waals surface area contributed by atoms with Gasteiger partial charge in [-0.3, -0.25) is 0 Å². The first-order chi connectivity index (χ1) is 7.02. The quantitative estimate of drug-likeness (QED) is 0.844. The van der Waals surface area contributed by atoms with Crippen LogP contribution in [0.3, 0.4) is 0 Å². The van der Waals surface area contributed by atoms with Gasteiger partial charge in [-0.05, 0) is 58.2 Å². The fraction of sp³-hybridized carbons (Fsp3) is 0.462. The number of aliphatic hydroxyl groups is 1. The minimum absolute atomic E-state index is 0.140. The van der Waals surface area contributed by atoms with Crippen LogP contribution in [0.2, 0.25) is 0 Å². The number of rotatable bonds is 4. The van der Waals surface area contributed by atoms with E-state index in [-0.39, 0.29) is 6.61 Å². The predicted octanol–water partition coefficient (Wildman–Crippen LogP) is 3.42. The molecule has 0 saturated carbocycles. The third-order valence-electron chi connectivity index (χ3n) is 2.33. The lowest BCUT2D eigenvalue weighted by atomic mass is 9.96. The normalized spacial score (nSPS) is 11.4. The Bertz CT molecular complexity index is 320. The van der Waals surface area contributed by atoms with Crippen molar-refractivity contribution in [2.24, 2.45) is 5.92 Å². The number of hydrogen-bond donors (Lipinski definition) is 1. The van der Waals surface area contributed by atoms with E-state index in [0.717, 1.165) is 12.3 Å². The molecule has 0 amide bonds. The minimum Gasteiger partial charge on any atom is -0.395 e. The molecule has 1 N–H and O–H groups in total. The molecule has 0 bridgehead atoms. The predicted molar refractivity (Wildman–Crippen MR) is 72.8 cm³/mol. The van der Waals surface area contributed by atoms with E-state index in [9.17, 15) is 0 Å². The summed E-state index contributed by atoms with van der Waals surface area (Å²) in [6.07, 6.45) is 1.10. The molecule has 0 aliphatic heterocycles. The summed E-state index contributed by atoms with van der Waals surface area (Å²) in [5, 5.41) is 9.11. The molecular weight excluding hydrogens is 299 g/mol. The Hall–Kier alpha value is -0.0900. The third-order valence-corrected chi connectivity index (χ3v) is 2.95. The Morgan fingerprint density at radius 3 is 2.53 bits per heavy atom. The first-order valence-electron chi connectivity index (χ1n) is 5.26. The molecule has 0 aliphatic rings. The van der Waals surface area contributed by atoms with E-state index in [2.05, 4.69) is 54.6 Å². The summed E-state index contributed by atoms with van der Waals surface area (Å²) in [5.41, 5.74) is 2.53. The Kier molecular flexibility index (Phi) is 5.06. The first kappa shape index (κ1) is 13.0. The molecule has 1 nitrogen and oxygen atoms in total. The largest absolute Gasteiger partial charge is 0.395 e.